The number of carbonyl (C=O) groups is 2. The molecule has 3 rings (SSSR count). The van der Waals surface area contributed by atoms with Crippen LogP contribution in [-0.4, -0.2) is 43.2 Å². The number of carbonyl (C=O) groups excluding carboxylic acids is 2. The fourth-order valence-corrected chi connectivity index (χ4v) is 3.55. The second kappa shape index (κ2) is 13.2. The van der Waals surface area contributed by atoms with E-state index in [4.69, 9.17) is 4.74 Å². The quantitative estimate of drug-likeness (QED) is 0.357. The minimum atomic E-state index is -0.475. The van der Waals surface area contributed by atoms with Gasteiger partial charge >= 0.3 is 12.1 Å². The number of hydrogen-bond acceptors (Lipinski definition) is 4. The maximum Gasteiger partial charge on any atom is 0.333 e. The van der Waals surface area contributed by atoms with Crippen LogP contribution in [0, 0.1) is 0 Å². The van der Waals surface area contributed by atoms with Gasteiger partial charge in [-0.2, -0.15) is 0 Å². The van der Waals surface area contributed by atoms with Crippen LogP contribution in [-0.2, 0) is 13.1 Å². The Morgan fingerprint density at radius 3 is 2.34 bits per heavy atom. The van der Waals surface area contributed by atoms with Gasteiger partial charge in [0.05, 0.1) is 6.61 Å². The molecular formula is C24H33N5O3. The molecule has 0 aromatic heterocycles. The predicted octanol–water partition coefficient (Wildman–Crippen LogP) is 3.16. The van der Waals surface area contributed by atoms with E-state index in [1.807, 2.05) is 42.5 Å². The Morgan fingerprint density at radius 1 is 0.844 bits per heavy atom. The summed E-state index contributed by atoms with van der Waals surface area (Å²) in [6.07, 6.45) is 4.56. The zero-order chi connectivity index (χ0) is 22.4. The number of likely N-dealkylation sites (tertiary alicyclic amines) is 1. The average molecular weight is 440 g/mol. The number of hydrazine groups is 1. The van der Waals surface area contributed by atoms with Gasteiger partial charge in [0.15, 0.2) is 0 Å². The summed E-state index contributed by atoms with van der Waals surface area (Å²) >= 11 is 0. The van der Waals surface area contributed by atoms with E-state index in [0.29, 0.717) is 26.1 Å². The van der Waals surface area contributed by atoms with Crippen LogP contribution < -0.4 is 26.2 Å². The molecule has 1 saturated heterocycles. The largest absolute Gasteiger partial charge is 0.494 e. The van der Waals surface area contributed by atoms with E-state index in [1.165, 1.54) is 37.9 Å². The highest BCUT2D eigenvalue weighted by molar-refractivity contribution is 5.79. The van der Waals surface area contributed by atoms with Gasteiger partial charge in [0.1, 0.15) is 5.75 Å². The Bertz CT molecular complexity index is 841. The van der Waals surface area contributed by atoms with Gasteiger partial charge in [-0.25, -0.2) is 20.4 Å². The fraction of sp³-hybridized carbons (Fsp3) is 0.417. The van der Waals surface area contributed by atoms with Crippen molar-refractivity contribution in [3.63, 3.8) is 0 Å². The van der Waals surface area contributed by atoms with Gasteiger partial charge < -0.3 is 15.4 Å². The third-order valence-corrected chi connectivity index (χ3v) is 5.21. The highest BCUT2D eigenvalue weighted by Gasteiger charge is 2.10. The van der Waals surface area contributed by atoms with Crippen LogP contribution in [0.5, 0.6) is 5.75 Å². The topological polar surface area (TPSA) is 94.7 Å². The van der Waals surface area contributed by atoms with Crippen LogP contribution in [0.25, 0.3) is 0 Å². The lowest BCUT2D eigenvalue weighted by molar-refractivity contribution is 0.220. The highest BCUT2D eigenvalue weighted by Crippen LogP contribution is 2.17. The molecule has 0 spiro atoms. The number of amides is 4. The maximum absolute atomic E-state index is 11.8. The Hall–Kier alpha value is -3.26. The first kappa shape index (κ1) is 23.4. The van der Waals surface area contributed by atoms with Crippen LogP contribution in [0.2, 0.25) is 0 Å². The van der Waals surface area contributed by atoms with E-state index in [9.17, 15) is 9.59 Å². The van der Waals surface area contributed by atoms with E-state index in [-0.39, 0.29) is 0 Å². The van der Waals surface area contributed by atoms with Gasteiger partial charge in [0.25, 0.3) is 0 Å². The first-order chi connectivity index (χ1) is 15.7. The van der Waals surface area contributed by atoms with Crippen molar-refractivity contribution in [3.05, 3.63) is 65.7 Å². The highest BCUT2D eigenvalue weighted by atomic mass is 16.5. The average Bonchev–Trinajstić information content (AvgIpc) is 2.83. The number of benzene rings is 2. The van der Waals surface area contributed by atoms with Gasteiger partial charge in [0, 0.05) is 19.6 Å². The standard InChI is InChI=1S/C24H33N5O3/c30-23(27-28-24(31)26-18-20-9-3-1-4-10-20)25-13-8-16-32-22-12-7-11-21(17-22)19-29-14-5-2-6-15-29/h1,3-4,7,9-12,17H,2,5-6,8,13-16,18-19H2,(H2,25,27,30)(H2,26,28,31). The number of piperidine rings is 1. The molecule has 0 radical (unpaired) electrons. The molecule has 1 aliphatic heterocycles. The Balaban J connectivity index is 1.24. The monoisotopic (exact) mass is 439 g/mol. The summed E-state index contributed by atoms with van der Waals surface area (Å²) in [6, 6.07) is 16.8. The van der Waals surface area contributed by atoms with E-state index in [0.717, 1.165) is 17.9 Å². The number of hydrogen-bond donors (Lipinski definition) is 4. The number of ether oxygens (including phenoxy) is 1. The summed E-state index contributed by atoms with van der Waals surface area (Å²) in [4.78, 5) is 26.0. The van der Waals surface area contributed by atoms with Crippen LogP contribution in [0.15, 0.2) is 54.6 Å². The van der Waals surface area contributed by atoms with Crippen LogP contribution in [0.1, 0.15) is 36.8 Å². The van der Waals surface area contributed by atoms with Gasteiger partial charge in [0.2, 0.25) is 0 Å². The predicted molar refractivity (Wildman–Crippen MR) is 124 cm³/mol. The molecule has 0 unspecified atom stereocenters. The number of urea groups is 2. The molecule has 32 heavy (non-hydrogen) atoms. The molecule has 0 aliphatic carbocycles. The first-order valence-corrected chi connectivity index (χ1v) is 11.2. The Morgan fingerprint density at radius 2 is 1.56 bits per heavy atom. The van der Waals surface area contributed by atoms with E-state index < -0.39 is 12.1 Å². The van der Waals surface area contributed by atoms with Gasteiger partial charge in [-0.05, 0) is 55.6 Å². The summed E-state index contributed by atoms with van der Waals surface area (Å²) in [5.74, 6) is 0.848. The zero-order valence-electron chi connectivity index (χ0n) is 18.4. The number of rotatable bonds is 9. The molecular weight excluding hydrogens is 406 g/mol. The molecule has 4 amide bonds. The van der Waals surface area contributed by atoms with Crippen molar-refractivity contribution in [2.75, 3.05) is 26.2 Å². The maximum atomic E-state index is 11.8. The van der Waals surface area contributed by atoms with Crippen LogP contribution >= 0.6 is 0 Å². The van der Waals surface area contributed by atoms with E-state index in [1.54, 1.807) is 0 Å². The zero-order valence-corrected chi connectivity index (χ0v) is 18.4. The van der Waals surface area contributed by atoms with Crippen molar-refractivity contribution in [3.8, 4) is 5.75 Å². The number of nitrogens with one attached hydrogen (secondary N) is 4. The summed E-state index contributed by atoms with van der Waals surface area (Å²) < 4.78 is 5.82. The van der Waals surface area contributed by atoms with Gasteiger partial charge in [-0.3, -0.25) is 4.90 Å². The normalized spacial score (nSPS) is 13.8. The molecule has 1 heterocycles. The second-order valence-corrected chi connectivity index (χ2v) is 7.86. The third-order valence-electron chi connectivity index (χ3n) is 5.21. The lowest BCUT2D eigenvalue weighted by Gasteiger charge is -2.26. The molecule has 2 aromatic carbocycles. The molecule has 0 atom stereocenters. The van der Waals surface area contributed by atoms with Gasteiger partial charge in [-0.15, -0.1) is 0 Å². The summed E-state index contributed by atoms with van der Waals surface area (Å²) in [7, 11) is 0. The Kier molecular flexibility index (Phi) is 9.67. The van der Waals surface area contributed by atoms with Crippen molar-refractivity contribution >= 4 is 12.1 Å². The second-order valence-electron chi connectivity index (χ2n) is 7.86. The molecule has 2 aromatic rings. The van der Waals surface area contributed by atoms with Gasteiger partial charge in [-0.1, -0.05) is 48.9 Å². The Labute approximate surface area is 189 Å². The molecule has 8 nitrogen and oxygen atoms in total. The smallest absolute Gasteiger partial charge is 0.333 e. The lowest BCUT2D eigenvalue weighted by Crippen LogP contribution is -2.50. The molecule has 1 aliphatic rings. The summed E-state index contributed by atoms with van der Waals surface area (Å²) in [5, 5.41) is 5.35. The van der Waals surface area contributed by atoms with Crippen molar-refractivity contribution in [2.45, 2.75) is 38.8 Å². The van der Waals surface area contributed by atoms with E-state index >= 15 is 0 Å². The molecule has 8 heteroatoms. The minimum Gasteiger partial charge on any atom is -0.494 e. The van der Waals surface area contributed by atoms with Crippen LogP contribution in [0.3, 0.4) is 0 Å². The number of nitrogens with zero attached hydrogens (tertiary/aromatic N) is 1. The first-order valence-electron chi connectivity index (χ1n) is 11.2. The summed E-state index contributed by atoms with van der Waals surface area (Å²) in [5.41, 5.74) is 6.87. The van der Waals surface area contributed by atoms with Crippen molar-refractivity contribution in [2.24, 2.45) is 0 Å². The van der Waals surface area contributed by atoms with Crippen molar-refractivity contribution in [1.82, 2.24) is 26.4 Å². The molecule has 1 fully saturated rings. The molecule has 0 saturated carbocycles. The summed E-state index contributed by atoms with van der Waals surface area (Å²) in [6.45, 7) is 4.62. The van der Waals surface area contributed by atoms with E-state index in [2.05, 4.69) is 38.5 Å². The lowest BCUT2D eigenvalue weighted by atomic mass is 10.1. The SMILES string of the molecule is O=C(NCCCOc1cccc(CN2CCCCC2)c1)NNC(=O)NCc1ccccc1. The molecule has 4 N–H and O–H groups in total. The molecule has 172 valence electrons. The van der Waals surface area contributed by atoms with Crippen molar-refractivity contribution < 1.29 is 14.3 Å². The van der Waals surface area contributed by atoms with Crippen molar-refractivity contribution in [1.29, 1.82) is 0 Å². The minimum absolute atomic E-state index is 0.381. The van der Waals surface area contributed by atoms with Crippen LogP contribution in [0.4, 0.5) is 9.59 Å². The third kappa shape index (κ3) is 8.85. The fourth-order valence-electron chi connectivity index (χ4n) is 3.55. The molecule has 0 bridgehead atoms.